The minimum Gasteiger partial charge on any atom is -0.337 e. The number of nitro groups is 1. The van der Waals surface area contributed by atoms with Gasteiger partial charge in [0.1, 0.15) is 5.69 Å². The predicted molar refractivity (Wildman–Crippen MR) is 97.8 cm³/mol. The second-order valence-corrected chi connectivity index (χ2v) is 5.58. The molecule has 1 atom stereocenters. The minimum absolute atomic E-state index is 0. The Labute approximate surface area is 157 Å². The summed E-state index contributed by atoms with van der Waals surface area (Å²) < 4.78 is 1.54. The van der Waals surface area contributed by atoms with Crippen LogP contribution in [0.15, 0.2) is 36.9 Å². The number of likely N-dealkylation sites (tertiary alicyclic amines) is 1. The van der Waals surface area contributed by atoms with Crippen molar-refractivity contribution in [2.45, 2.75) is 18.9 Å². The highest BCUT2D eigenvalue weighted by atomic mass is 35.5. The molecule has 0 radical (unpaired) electrons. The molecule has 2 heterocycles. The number of benzene rings is 1. The van der Waals surface area contributed by atoms with Gasteiger partial charge in [-0.2, -0.15) is 0 Å². The Hall–Kier alpha value is -2.16. The number of imidazole rings is 1. The van der Waals surface area contributed by atoms with E-state index in [9.17, 15) is 14.9 Å². The van der Waals surface area contributed by atoms with Crippen LogP contribution in [0.2, 0.25) is 0 Å². The summed E-state index contributed by atoms with van der Waals surface area (Å²) in [6, 6.07) is 4.45. The van der Waals surface area contributed by atoms with Crippen molar-refractivity contribution in [3.8, 4) is 5.69 Å². The minimum atomic E-state index is -0.492. The van der Waals surface area contributed by atoms with Crippen molar-refractivity contribution in [2.75, 3.05) is 13.1 Å². The summed E-state index contributed by atoms with van der Waals surface area (Å²) >= 11 is 0. The molecule has 0 spiro atoms. The van der Waals surface area contributed by atoms with Gasteiger partial charge in [-0.15, -0.1) is 24.8 Å². The van der Waals surface area contributed by atoms with Gasteiger partial charge in [0.2, 0.25) is 0 Å². The molecule has 1 aromatic carbocycles. The van der Waals surface area contributed by atoms with Gasteiger partial charge in [-0.25, -0.2) is 4.98 Å². The number of nitro benzene ring substituents is 1. The highest BCUT2D eigenvalue weighted by Gasteiger charge is 2.25. The number of aromatic nitrogens is 2. The molecule has 25 heavy (non-hydrogen) atoms. The van der Waals surface area contributed by atoms with E-state index in [1.807, 2.05) is 0 Å². The molecule has 1 amide bonds. The second-order valence-electron chi connectivity index (χ2n) is 5.58. The summed E-state index contributed by atoms with van der Waals surface area (Å²) in [5.41, 5.74) is 6.44. The summed E-state index contributed by atoms with van der Waals surface area (Å²) in [7, 11) is 0. The fraction of sp³-hybridized carbons (Fsp3) is 0.333. The zero-order chi connectivity index (χ0) is 16.4. The number of halogens is 2. The molecule has 1 fully saturated rings. The molecule has 0 saturated carbocycles. The number of hydrogen-bond donors (Lipinski definition) is 1. The predicted octanol–water partition coefficient (Wildman–Crippen LogP) is 2.19. The molecule has 1 saturated heterocycles. The van der Waals surface area contributed by atoms with Gasteiger partial charge in [0.25, 0.3) is 11.6 Å². The Morgan fingerprint density at radius 1 is 1.36 bits per heavy atom. The lowest BCUT2D eigenvalue weighted by Gasteiger charge is -2.30. The first kappa shape index (κ1) is 20.9. The maximum Gasteiger partial charge on any atom is 0.294 e. The van der Waals surface area contributed by atoms with Crippen molar-refractivity contribution in [1.29, 1.82) is 0 Å². The molecule has 1 unspecified atom stereocenters. The molecule has 0 bridgehead atoms. The highest BCUT2D eigenvalue weighted by Crippen LogP contribution is 2.25. The van der Waals surface area contributed by atoms with Gasteiger partial charge in [0, 0.05) is 43.2 Å². The largest absolute Gasteiger partial charge is 0.337 e. The highest BCUT2D eigenvalue weighted by molar-refractivity contribution is 5.95. The third-order valence-electron chi connectivity index (χ3n) is 3.95. The summed E-state index contributed by atoms with van der Waals surface area (Å²) in [5.74, 6) is -0.222. The van der Waals surface area contributed by atoms with E-state index < -0.39 is 4.92 Å². The van der Waals surface area contributed by atoms with Gasteiger partial charge in [-0.3, -0.25) is 14.9 Å². The summed E-state index contributed by atoms with van der Waals surface area (Å²) in [5, 5.41) is 11.3. The Morgan fingerprint density at radius 3 is 2.72 bits per heavy atom. The van der Waals surface area contributed by atoms with Gasteiger partial charge >= 0.3 is 0 Å². The molecule has 2 aromatic rings. The van der Waals surface area contributed by atoms with Gasteiger partial charge < -0.3 is 15.2 Å². The SMILES string of the molecule is Cl.Cl.NC1CCCN(C(=O)c2ccc(-n3ccnc3)c([N+](=O)[O-])c2)C1. The molecule has 2 N–H and O–H groups in total. The van der Waals surface area contributed by atoms with Gasteiger partial charge in [-0.1, -0.05) is 0 Å². The smallest absolute Gasteiger partial charge is 0.294 e. The van der Waals surface area contributed by atoms with E-state index in [0.29, 0.717) is 24.3 Å². The van der Waals surface area contributed by atoms with Gasteiger partial charge in [0.15, 0.2) is 0 Å². The number of carbonyl (C=O) groups is 1. The molecule has 10 heteroatoms. The van der Waals surface area contributed by atoms with Crippen LogP contribution in [0.5, 0.6) is 0 Å². The summed E-state index contributed by atoms with van der Waals surface area (Å²) in [6.07, 6.45) is 6.38. The number of hydrogen-bond acceptors (Lipinski definition) is 5. The van der Waals surface area contributed by atoms with Crippen LogP contribution in [0.4, 0.5) is 5.69 Å². The third-order valence-corrected chi connectivity index (χ3v) is 3.95. The number of amides is 1. The van der Waals surface area contributed by atoms with E-state index in [1.165, 1.54) is 18.6 Å². The topological polar surface area (TPSA) is 107 Å². The normalized spacial score (nSPS) is 16.5. The van der Waals surface area contributed by atoms with Crippen molar-refractivity contribution >= 4 is 36.4 Å². The number of rotatable bonds is 3. The first-order valence-electron chi connectivity index (χ1n) is 7.38. The maximum atomic E-state index is 12.5. The van der Waals surface area contributed by atoms with Crippen LogP contribution in [-0.4, -0.2) is 44.4 Å². The molecule has 8 nitrogen and oxygen atoms in total. The standard InChI is InChI=1S/C15H17N5O3.2ClH/c16-12-2-1-6-18(9-12)15(21)11-3-4-13(14(8-11)20(22)23)19-7-5-17-10-19;;/h3-5,7-8,10,12H,1-2,6,9,16H2;2*1H. The molecule has 1 aliphatic heterocycles. The van der Waals surface area contributed by atoms with E-state index in [-0.39, 0.29) is 42.5 Å². The van der Waals surface area contributed by atoms with E-state index in [0.717, 1.165) is 12.8 Å². The molecular weight excluding hydrogens is 369 g/mol. The molecular formula is C15H19Cl2N5O3. The molecule has 3 rings (SSSR count). The fourth-order valence-corrected chi connectivity index (χ4v) is 2.80. The van der Waals surface area contributed by atoms with Crippen molar-refractivity contribution < 1.29 is 9.72 Å². The lowest BCUT2D eigenvalue weighted by atomic mass is 10.0. The Kier molecular flexibility index (Phi) is 7.35. The summed E-state index contributed by atoms with van der Waals surface area (Å²) in [4.78, 5) is 28.9. The van der Waals surface area contributed by atoms with Crippen LogP contribution in [0.1, 0.15) is 23.2 Å². The number of piperidine rings is 1. The first-order valence-corrected chi connectivity index (χ1v) is 7.38. The van der Waals surface area contributed by atoms with Crippen molar-refractivity contribution in [1.82, 2.24) is 14.5 Å². The van der Waals surface area contributed by atoms with Crippen LogP contribution >= 0.6 is 24.8 Å². The quantitative estimate of drug-likeness (QED) is 0.641. The molecule has 1 aromatic heterocycles. The van der Waals surface area contributed by atoms with Crippen LogP contribution in [0.3, 0.4) is 0 Å². The molecule has 0 aliphatic carbocycles. The van der Waals surface area contributed by atoms with Crippen LogP contribution < -0.4 is 5.73 Å². The van der Waals surface area contributed by atoms with E-state index in [1.54, 1.807) is 27.8 Å². The zero-order valence-corrected chi connectivity index (χ0v) is 14.9. The average molecular weight is 388 g/mol. The zero-order valence-electron chi connectivity index (χ0n) is 13.3. The fourth-order valence-electron chi connectivity index (χ4n) is 2.80. The maximum absolute atomic E-state index is 12.5. The van der Waals surface area contributed by atoms with Gasteiger partial charge in [-0.05, 0) is 25.0 Å². The van der Waals surface area contributed by atoms with Crippen molar-refractivity contribution in [2.24, 2.45) is 5.73 Å². The summed E-state index contributed by atoms with van der Waals surface area (Å²) in [6.45, 7) is 1.11. The Bertz CT molecular complexity index is 739. The van der Waals surface area contributed by atoms with Crippen molar-refractivity contribution in [3.63, 3.8) is 0 Å². The lowest BCUT2D eigenvalue weighted by molar-refractivity contribution is -0.384. The van der Waals surface area contributed by atoms with E-state index in [2.05, 4.69) is 4.98 Å². The van der Waals surface area contributed by atoms with Gasteiger partial charge in [0.05, 0.1) is 11.3 Å². The first-order chi connectivity index (χ1) is 11.1. The van der Waals surface area contributed by atoms with E-state index >= 15 is 0 Å². The van der Waals surface area contributed by atoms with Crippen LogP contribution in [-0.2, 0) is 0 Å². The number of carbonyl (C=O) groups excluding carboxylic acids is 1. The number of nitrogens with two attached hydrogens (primary N) is 1. The molecule has 1 aliphatic rings. The third kappa shape index (κ3) is 4.47. The van der Waals surface area contributed by atoms with Crippen LogP contribution in [0.25, 0.3) is 5.69 Å². The second kappa shape index (κ2) is 8.80. The van der Waals surface area contributed by atoms with E-state index in [4.69, 9.17) is 5.73 Å². The average Bonchev–Trinajstić information content (AvgIpc) is 3.08. The number of nitrogens with zero attached hydrogens (tertiary/aromatic N) is 4. The van der Waals surface area contributed by atoms with Crippen LogP contribution in [0, 0.1) is 10.1 Å². The molecule has 136 valence electrons. The monoisotopic (exact) mass is 387 g/mol. The Balaban J connectivity index is 0.00000156. The van der Waals surface area contributed by atoms with Crippen molar-refractivity contribution in [3.05, 3.63) is 52.6 Å². The lowest BCUT2D eigenvalue weighted by Crippen LogP contribution is -2.45. The Morgan fingerprint density at radius 2 is 2.12 bits per heavy atom.